The summed E-state index contributed by atoms with van der Waals surface area (Å²) >= 11 is 0. The number of amides is 1. The fraction of sp³-hybridized carbons (Fsp3) is 0.348. The molecule has 4 rings (SSSR count). The van der Waals surface area contributed by atoms with Crippen LogP contribution in [0.15, 0.2) is 29.0 Å². The molecule has 1 aromatic carbocycles. The second-order valence-corrected chi connectivity index (χ2v) is 7.48. The zero-order valence-electron chi connectivity index (χ0n) is 18.1. The van der Waals surface area contributed by atoms with Crippen LogP contribution in [0, 0.1) is 40.7 Å². The average Bonchev–Trinajstić information content (AvgIpc) is 2.75. The molecule has 0 aliphatic heterocycles. The van der Waals surface area contributed by atoms with Crippen LogP contribution >= 0.6 is 0 Å². The quantitative estimate of drug-likeness (QED) is 0.226. The lowest BCUT2D eigenvalue weighted by atomic mass is 9.61. The van der Waals surface area contributed by atoms with Gasteiger partial charge in [0.2, 0.25) is 5.75 Å². The number of primary amides is 1. The highest BCUT2D eigenvalue weighted by atomic mass is 16.6. The molecule has 3 aliphatic rings. The smallest absolute Gasteiger partial charge is 0.311 e. The zero-order valence-corrected chi connectivity index (χ0v) is 18.1. The standard InChI is InChI=1S/C19H16N2O8.C2H6.C2H2/c20-19(27)14-10(22)5-8-4-7-3-6-1-2-9(21(28)29)15(23)11(6)16(24)12(7)17(25)13(8)18(14)26;2*1-2/h1-2,7-8,13,23-24,26H,3-5H2,(H2,20,27);1-2H3;1-2H. The highest BCUT2D eigenvalue weighted by molar-refractivity contribution is 6.21. The van der Waals surface area contributed by atoms with Gasteiger partial charge in [-0.3, -0.25) is 24.5 Å². The van der Waals surface area contributed by atoms with Gasteiger partial charge in [0.25, 0.3) is 5.91 Å². The summed E-state index contributed by atoms with van der Waals surface area (Å²) in [6.07, 6.45) is 8.35. The molecule has 0 saturated heterocycles. The van der Waals surface area contributed by atoms with Crippen molar-refractivity contribution in [2.75, 3.05) is 0 Å². The van der Waals surface area contributed by atoms with E-state index in [1.807, 2.05) is 13.8 Å². The highest BCUT2D eigenvalue weighted by Crippen LogP contribution is 2.51. The number of nitrogens with two attached hydrogens (primary N) is 1. The minimum Gasteiger partial charge on any atom is -0.511 e. The number of ketones is 2. The Kier molecular flexibility index (Phi) is 7.28. The summed E-state index contributed by atoms with van der Waals surface area (Å²) in [7, 11) is 0. The third-order valence-electron chi connectivity index (χ3n) is 5.94. The van der Waals surface area contributed by atoms with Gasteiger partial charge >= 0.3 is 5.69 Å². The van der Waals surface area contributed by atoms with Crippen LogP contribution in [0.2, 0.25) is 0 Å². The number of rotatable bonds is 2. The van der Waals surface area contributed by atoms with Crippen molar-refractivity contribution in [2.45, 2.75) is 33.1 Å². The number of terminal acetylenes is 1. The van der Waals surface area contributed by atoms with Gasteiger partial charge in [-0.15, -0.1) is 12.8 Å². The molecule has 1 saturated carbocycles. The molecule has 0 radical (unpaired) electrons. The first-order valence-corrected chi connectivity index (χ1v) is 10.2. The first-order chi connectivity index (χ1) is 15.6. The van der Waals surface area contributed by atoms with Crippen molar-refractivity contribution in [3.63, 3.8) is 0 Å². The summed E-state index contributed by atoms with van der Waals surface area (Å²) in [6.45, 7) is 4.00. The van der Waals surface area contributed by atoms with Crippen molar-refractivity contribution in [1.82, 2.24) is 0 Å². The van der Waals surface area contributed by atoms with E-state index in [1.54, 1.807) is 0 Å². The van der Waals surface area contributed by atoms with Gasteiger partial charge in [-0.25, -0.2) is 0 Å². The van der Waals surface area contributed by atoms with Gasteiger partial charge in [0.15, 0.2) is 11.6 Å². The monoisotopic (exact) mass is 456 g/mol. The van der Waals surface area contributed by atoms with Crippen LogP contribution in [-0.2, 0) is 20.8 Å². The predicted octanol–water partition coefficient (Wildman–Crippen LogP) is 2.49. The number of benzene rings is 1. The maximum absolute atomic E-state index is 13.1. The second-order valence-electron chi connectivity index (χ2n) is 7.48. The van der Waals surface area contributed by atoms with Crippen LogP contribution in [0.5, 0.6) is 5.75 Å². The Bertz CT molecular complexity index is 1130. The molecule has 3 unspecified atom stereocenters. The fourth-order valence-corrected chi connectivity index (χ4v) is 4.75. The maximum Gasteiger partial charge on any atom is 0.311 e. The van der Waals surface area contributed by atoms with Crippen molar-refractivity contribution >= 4 is 28.9 Å². The first kappa shape index (κ1) is 25.1. The number of fused-ring (bicyclic) bond motifs is 3. The second kappa shape index (κ2) is 9.56. The Morgan fingerprint density at radius 3 is 2.30 bits per heavy atom. The van der Waals surface area contributed by atoms with Gasteiger partial charge in [0, 0.05) is 18.1 Å². The lowest BCUT2D eigenvalue weighted by Gasteiger charge is -2.41. The summed E-state index contributed by atoms with van der Waals surface area (Å²) in [6, 6.07) is 2.53. The molecule has 0 heterocycles. The van der Waals surface area contributed by atoms with Crippen LogP contribution in [0.25, 0.3) is 5.76 Å². The number of nitro benzene ring substituents is 1. The molecule has 1 amide bonds. The van der Waals surface area contributed by atoms with E-state index in [4.69, 9.17) is 5.73 Å². The Morgan fingerprint density at radius 1 is 1.15 bits per heavy atom. The number of nitro groups is 1. The normalized spacial score (nSPS) is 23.1. The lowest BCUT2D eigenvalue weighted by molar-refractivity contribution is -0.385. The number of phenols is 1. The molecule has 1 aromatic rings. The summed E-state index contributed by atoms with van der Waals surface area (Å²) in [5, 5.41) is 42.5. The van der Waals surface area contributed by atoms with Gasteiger partial charge < -0.3 is 21.1 Å². The number of carbonyl (C=O) groups is 3. The van der Waals surface area contributed by atoms with E-state index < -0.39 is 68.7 Å². The van der Waals surface area contributed by atoms with Gasteiger partial charge in [-0.2, -0.15) is 0 Å². The van der Waals surface area contributed by atoms with Crippen LogP contribution in [-0.4, -0.2) is 37.7 Å². The van der Waals surface area contributed by atoms with Gasteiger partial charge in [-0.05, 0) is 30.2 Å². The summed E-state index contributed by atoms with van der Waals surface area (Å²) in [5.74, 6) is -6.78. The van der Waals surface area contributed by atoms with Crippen molar-refractivity contribution in [1.29, 1.82) is 0 Å². The van der Waals surface area contributed by atoms with Crippen molar-refractivity contribution in [3.05, 3.63) is 50.3 Å². The number of hydrogen-bond donors (Lipinski definition) is 4. The topological polar surface area (TPSA) is 181 Å². The van der Waals surface area contributed by atoms with Crippen molar-refractivity contribution in [2.24, 2.45) is 23.5 Å². The molecule has 174 valence electrons. The highest BCUT2D eigenvalue weighted by Gasteiger charge is 2.51. The number of allylic oxidation sites excluding steroid dienone is 2. The summed E-state index contributed by atoms with van der Waals surface area (Å²) in [4.78, 5) is 47.1. The predicted molar refractivity (Wildman–Crippen MR) is 118 cm³/mol. The molecule has 5 N–H and O–H groups in total. The molecular formula is C23H24N2O8. The Morgan fingerprint density at radius 2 is 1.76 bits per heavy atom. The lowest BCUT2D eigenvalue weighted by Crippen LogP contribution is -2.44. The third-order valence-corrected chi connectivity index (χ3v) is 5.94. The number of phenolic OH excluding ortho intramolecular Hbond substituents is 1. The van der Waals surface area contributed by atoms with Gasteiger partial charge in [0.05, 0.1) is 16.4 Å². The molecule has 33 heavy (non-hydrogen) atoms. The van der Waals surface area contributed by atoms with E-state index >= 15 is 0 Å². The molecule has 0 spiro atoms. The largest absolute Gasteiger partial charge is 0.511 e. The number of carbonyl (C=O) groups excluding carboxylic acids is 3. The van der Waals surface area contributed by atoms with Gasteiger partial charge in [-0.1, -0.05) is 19.9 Å². The number of nitrogens with zero attached hydrogens (tertiary/aromatic N) is 1. The van der Waals surface area contributed by atoms with E-state index in [1.165, 1.54) is 6.07 Å². The number of hydrogen-bond acceptors (Lipinski definition) is 8. The van der Waals surface area contributed by atoms with E-state index in [2.05, 4.69) is 12.8 Å². The molecule has 0 bridgehead atoms. The Balaban J connectivity index is 0.000000914. The fourth-order valence-electron chi connectivity index (χ4n) is 4.75. The molecule has 1 fully saturated rings. The third kappa shape index (κ3) is 3.93. The number of aliphatic hydroxyl groups is 2. The summed E-state index contributed by atoms with van der Waals surface area (Å²) < 4.78 is 0. The minimum atomic E-state index is -1.22. The average molecular weight is 456 g/mol. The number of Topliss-reactive ketones (excluding diaryl/α,β-unsaturated/α-hetero) is 2. The number of aliphatic hydroxyl groups excluding tert-OH is 2. The van der Waals surface area contributed by atoms with Crippen LogP contribution in [0.3, 0.4) is 0 Å². The first-order valence-electron chi connectivity index (χ1n) is 10.2. The molecular weight excluding hydrogens is 432 g/mol. The Hall–Kier alpha value is -4.13. The van der Waals surface area contributed by atoms with E-state index in [9.17, 15) is 39.8 Å². The van der Waals surface area contributed by atoms with E-state index in [-0.39, 0.29) is 30.4 Å². The van der Waals surface area contributed by atoms with Crippen LogP contribution < -0.4 is 5.73 Å². The molecule has 3 atom stereocenters. The van der Waals surface area contributed by atoms with Crippen molar-refractivity contribution < 1.29 is 34.6 Å². The van der Waals surface area contributed by atoms with Crippen LogP contribution in [0.4, 0.5) is 5.69 Å². The Labute approximate surface area is 189 Å². The van der Waals surface area contributed by atoms with Crippen molar-refractivity contribution in [3.8, 4) is 18.6 Å². The minimum absolute atomic E-state index is 0.0840. The van der Waals surface area contributed by atoms with Crippen LogP contribution in [0.1, 0.15) is 37.8 Å². The van der Waals surface area contributed by atoms with E-state index in [0.29, 0.717) is 5.56 Å². The summed E-state index contributed by atoms with van der Waals surface area (Å²) in [5.41, 5.74) is 4.08. The molecule has 3 aliphatic carbocycles. The van der Waals surface area contributed by atoms with Gasteiger partial charge in [0.1, 0.15) is 17.1 Å². The SMILES string of the molecule is C#C.CC.NC(=O)C1=C(O)C2C(=O)C3=C(O)c4c(ccc([N+](=O)[O-])c4O)CC3CC2CC1=O. The number of aromatic hydroxyl groups is 1. The molecule has 10 nitrogen and oxygen atoms in total. The maximum atomic E-state index is 13.1. The molecule has 0 aromatic heterocycles. The van der Waals surface area contributed by atoms with E-state index in [0.717, 1.165) is 6.07 Å². The zero-order chi connectivity index (χ0) is 25.2. The molecule has 10 heteroatoms.